The summed E-state index contributed by atoms with van der Waals surface area (Å²) >= 11 is 0. The predicted molar refractivity (Wildman–Crippen MR) is 136 cm³/mol. The summed E-state index contributed by atoms with van der Waals surface area (Å²) in [6, 6.07) is 0. The average Bonchev–Trinajstić information content (AvgIpc) is 2.71. The summed E-state index contributed by atoms with van der Waals surface area (Å²) in [6.07, 6.45) is 4.29. The van der Waals surface area contributed by atoms with Crippen molar-refractivity contribution in [1.82, 2.24) is 16.0 Å². The van der Waals surface area contributed by atoms with E-state index in [1.54, 1.807) is 7.05 Å². The van der Waals surface area contributed by atoms with Crippen molar-refractivity contribution in [3.63, 3.8) is 0 Å². The van der Waals surface area contributed by atoms with Gasteiger partial charge in [0, 0.05) is 46.6 Å². The normalized spacial score (nSPS) is 15.7. The molecule has 1 aliphatic rings. The number of nitrogens with zero attached hydrogens (tertiary/aromatic N) is 1. The Labute approximate surface area is 206 Å². The van der Waals surface area contributed by atoms with Crippen LogP contribution in [0.2, 0.25) is 0 Å². The molecular formula is C22H45IN4O4. The number of halogens is 1. The fourth-order valence-corrected chi connectivity index (χ4v) is 3.26. The zero-order chi connectivity index (χ0) is 22.5. The van der Waals surface area contributed by atoms with Crippen molar-refractivity contribution in [2.75, 3.05) is 46.6 Å². The molecule has 1 fully saturated rings. The Morgan fingerprint density at radius 1 is 1.13 bits per heavy atom. The highest BCUT2D eigenvalue weighted by atomic mass is 127. The largest absolute Gasteiger partial charge is 0.444 e. The summed E-state index contributed by atoms with van der Waals surface area (Å²) in [4.78, 5) is 16.6. The van der Waals surface area contributed by atoms with Gasteiger partial charge in [0.05, 0.1) is 5.54 Å². The van der Waals surface area contributed by atoms with E-state index in [1.807, 2.05) is 20.8 Å². The maximum absolute atomic E-state index is 12.3. The van der Waals surface area contributed by atoms with Gasteiger partial charge in [-0.1, -0.05) is 13.8 Å². The molecule has 0 aromatic rings. The minimum absolute atomic E-state index is 0. The second kappa shape index (κ2) is 15.9. The highest BCUT2D eigenvalue weighted by Crippen LogP contribution is 2.16. The third-order valence-corrected chi connectivity index (χ3v) is 5.39. The van der Waals surface area contributed by atoms with Gasteiger partial charge in [0.2, 0.25) is 0 Å². The molecule has 9 heteroatoms. The van der Waals surface area contributed by atoms with Gasteiger partial charge in [-0.05, 0) is 58.8 Å². The number of nitrogens with one attached hydrogen (secondary N) is 3. The van der Waals surface area contributed by atoms with Crippen LogP contribution in [0.25, 0.3) is 0 Å². The Kier molecular flexibility index (Phi) is 15.5. The van der Waals surface area contributed by atoms with Gasteiger partial charge in [-0.15, -0.1) is 24.0 Å². The molecule has 1 rings (SSSR count). The van der Waals surface area contributed by atoms with Gasteiger partial charge in [0.25, 0.3) is 0 Å². The molecule has 1 amide bonds. The molecule has 0 atom stereocenters. The highest BCUT2D eigenvalue weighted by molar-refractivity contribution is 14.0. The molecule has 0 radical (unpaired) electrons. The Morgan fingerprint density at radius 2 is 1.77 bits per heavy atom. The van der Waals surface area contributed by atoms with Gasteiger partial charge in [0.1, 0.15) is 5.60 Å². The molecule has 3 N–H and O–H groups in total. The maximum Gasteiger partial charge on any atom is 0.408 e. The molecule has 31 heavy (non-hydrogen) atoms. The van der Waals surface area contributed by atoms with Crippen molar-refractivity contribution >= 4 is 36.0 Å². The standard InChI is InChI=1S/C22H44N4O4.HI/c1-7-22(8-2,26-20(27)30-21(3,4)5)17-25-19(23-6)24-12-9-13-29-16-18-10-14-28-15-11-18;/h18H,7-17H2,1-6H3,(H,26,27)(H2,23,24,25);1H. The summed E-state index contributed by atoms with van der Waals surface area (Å²) in [6.45, 7) is 14.3. The van der Waals surface area contributed by atoms with Crippen LogP contribution in [0.4, 0.5) is 4.79 Å². The van der Waals surface area contributed by atoms with Crippen LogP contribution in [0.5, 0.6) is 0 Å². The van der Waals surface area contributed by atoms with Crippen molar-refractivity contribution in [1.29, 1.82) is 0 Å². The van der Waals surface area contributed by atoms with E-state index >= 15 is 0 Å². The van der Waals surface area contributed by atoms with Crippen LogP contribution in [0.15, 0.2) is 4.99 Å². The summed E-state index contributed by atoms with van der Waals surface area (Å²) in [7, 11) is 1.75. The van der Waals surface area contributed by atoms with Crippen molar-refractivity contribution in [2.24, 2.45) is 10.9 Å². The van der Waals surface area contributed by atoms with E-state index < -0.39 is 17.2 Å². The molecule has 0 spiro atoms. The number of ether oxygens (including phenoxy) is 3. The van der Waals surface area contributed by atoms with E-state index in [0.29, 0.717) is 12.5 Å². The van der Waals surface area contributed by atoms with E-state index in [4.69, 9.17) is 14.2 Å². The number of alkyl carbamates (subject to hydrolysis) is 1. The smallest absolute Gasteiger partial charge is 0.408 e. The third-order valence-electron chi connectivity index (χ3n) is 5.39. The molecule has 184 valence electrons. The zero-order valence-corrected chi connectivity index (χ0v) is 22.7. The number of carbonyl (C=O) groups excluding carboxylic acids is 1. The number of rotatable bonds is 11. The molecule has 8 nitrogen and oxygen atoms in total. The molecular weight excluding hydrogens is 511 g/mol. The van der Waals surface area contributed by atoms with Crippen molar-refractivity contribution in [2.45, 2.75) is 77.9 Å². The fraction of sp³-hybridized carbons (Fsp3) is 0.909. The SMILES string of the molecule is CCC(CC)(CNC(=NC)NCCCOCC1CCOCC1)NC(=O)OC(C)(C)C.I. The first kappa shape index (κ1) is 30.2. The van der Waals surface area contributed by atoms with Crippen LogP contribution in [0, 0.1) is 5.92 Å². The fourth-order valence-electron chi connectivity index (χ4n) is 3.26. The van der Waals surface area contributed by atoms with Crippen molar-refractivity contribution < 1.29 is 19.0 Å². The highest BCUT2D eigenvalue weighted by Gasteiger charge is 2.30. The van der Waals surface area contributed by atoms with Crippen LogP contribution in [-0.2, 0) is 14.2 Å². The van der Waals surface area contributed by atoms with Crippen LogP contribution < -0.4 is 16.0 Å². The maximum atomic E-state index is 12.3. The monoisotopic (exact) mass is 556 g/mol. The number of aliphatic imine (C=N–C) groups is 1. The molecule has 0 aliphatic carbocycles. The number of guanidine groups is 1. The first-order valence-corrected chi connectivity index (χ1v) is 11.3. The number of hydrogen-bond acceptors (Lipinski definition) is 5. The number of amides is 1. The summed E-state index contributed by atoms with van der Waals surface area (Å²) in [5.74, 6) is 1.35. The quantitative estimate of drug-likeness (QED) is 0.156. The van der Waals surface area contributed by atoms with Crippen LogP contribution in [0.1, 0.15) is 66.7 Å². The number of carbonyl (C=O) groups is 1. The van der Waals surface area contributed by atoms with Gasteiger partial charge >= 0.3 is 6.09 Å². The Balaban J connectivity index is 0.00000900. The van der Waals surface area contributed by atoms with E-state index in [2.05, 4.69) is 34.8 Å². The zero-order valence-electron chi connectivity index (χ0n) is 20.3. The predicted octanol–water partition coefficient (Wildman–Crippen LogP) is 3.69. The van der Waals surface area contributed by atoms with E-state index in [-0.39, 0.29) is 24.0 Å². The van der Waals surface area contributed by atoms with Gasteiger partial charge < -0.3 is 30.2 Å². The van der Waals surface area contributed by atoms with E-state index in [1.165, 1.54) is 0 Å². The molecule has 0 unspecified atom stereocenters. The van der Waals surface area contributed by atoms with E-state index in [9.17, 15) is 4.79 Å². The second-order valence-electron chi connectivity index (χ2n) is 8.95. The molecule has 1 aliphatic heterocycles. The first-order chi connectivity index (χ1) is 14.2. The number of hydrogen-bond donors (Lipinski definition) is 3. The third kappa shape index (κ3) is 13.4. The Morgan fingerprint density at radius 3 is 2.32 bits per heavy atom. The Bertz CT molecular complexity index is 516. The minimum atomic E-state index is -0.519. The molecule has 0 bridgehead atoms. The van der Waals surface area contributed by atoms with Crippen LogP contribution in [0.3, 0.4) is 0 Å². The van der Waals surface area contributed by atoms with Gasteiger partial charge in [-0.3, -0.25) is 4.99 Å². The average molecular weight is 557 g/mol. The summed E-state index contributed by atoms with van der Waals surface area (Å²) in [5, 5.41) is 9.70. The Hall–Kier alpha value is -0.810. The summed E-state index contributed by atoms with van der Waals surface area (Å²) in [5.41, 5.74) is -0.915. The van der Waals surface area contributed by atoms with Crippen LogP contribution in [-0.4, -0.2) is 69.8 Å². The second-order valence-corrected chi connectivity index (χ2v) is 8.95. The van der Waals surface area contributed by atoms with E-state index in [0.717, 1.165) is 71.0 Å². The van der Waals surface area contributed by atoms with Crippen molar-refractivity contribution in [3.05, 3.63) is 0 Å². The molecule has 0 aromatic heterocycles. The lowest BCUT2D eigenvalue weighted by Gasteiger charge is -2.34. The van der Waals surface area contributed by atoms with Crippen molar-refractivity contribution in [3.8, 4) is 0 Å². The van der Waals surface area contributed by atoms with Crippen LogP contribution >= 0.6 is 24.0 Å². The molecule has 1 saturated heterocycles. The molecule has 0 saturated carbocycles. The lowest BCUT2D eigenvalue weighted by atomic mass is 9.93. The molecule has 0 aromatic carbocycles. The lowest BCUT2D eigenvalue weighted by molar-refractivity contribution is 0.0203. The summed E-state index contributed by atoms with van der Waals surface area (Å²) < 4.78 is 16.6. The minimum Gasteiger partial charge on any atom is -0.444 e. The lowest BCUT2D eigenvalue weighted by Crippen LogP contribution is -2.57. The topological polar surface area (TPSA) is 93.2 Å². The van der Waals surface area contributed by atoms with Gasteiger partial charge in [0.15, 0.2) is 5.96 Å². The first-order valence-electron chi connectivity index (χ1n) is 11.3. The molecule has 1 heterocycles. The van der Waals surface area contributed by atoms with Gasteiger partial charge in [-0.2, -0.15) is 0 Å². The van der Waals surface area contributed by atoms with Gasteiger partial charge in [-0.25, -0.2) is 4.79 Å².